The Bertz CT molecular complexity index is 1550. The van der Waals surface area contributed by atoms with Gasteiger partial charge < -0.3 is 14.2 Å². The lowest BCUT2D eigenvalue weighted by Crippen LogP contribution is -2.29. The van der Waals surface area contributed by atoms with Gasteiger partial charge in [-0.3, -0.25) is 4.79 Å². The minimum Gasteiger partial charge on any atom is -0.464 e. The summed E-state index contributed by atoms with van der Waals surface area (Å²) in [5, 5.41) is 4.42. The molecule has 0 aliphatic rings. The van der Waals surface area contributed by atoms with Gasteiger partial charge in [0, 0.05) is 28.9 Å². The van der Waals surface area contributed by atoms with E-state index in [0.717, 1.165) is 27.5 Å². The van der Waals surface area contributed by atoms with Gasteiger partial charge in [0.15, 0.2) is 0 Å². The first-order chi connectivity index (χ1) is 16.5. The largest absolute Gasteiger partial charge is 0.464 e. The molecule has 6 heteroatoms. The first kappa shape index (κ1) is 21.6. The Hall–Kier alpha value is -4.19. The Labute approximate surface area is 194 Å². The molecule has 0 bridgehead atoms. The summed E-state index contributed by atoms with van der Waals surface area (Å²) in [6, 6.07) is 19.6. The van der Waals surface area contributed by atoms with E-state index in [2.05, 4.69) is 5.32 Å². The van der Waals surface area contributed by atoms with Crippen molar-refractivity contribution in [1.29, 1.82) is 0 Å². The van der Waals surface area contributed by atoms with Gasteiger partial charge in [0.2, 0.25) is 5.91 Å². The Kier molecular flexibility index (Phi) is 5.72. The first-order valence-corrected chi connectivity index (χ1v) is 11.0. The van der Waals surface area contributed by atoms with Crippen molar-refractivity contribution in [2.45, 2.75) is 19.8 Å². The van der Waals surface area contributed by atoms with Gasteiger partial charge in [0.25, 0.3) is 0 Å². The Morgan fingerprint density at radius 2 is 1.74 bits per heavy atom. The van der Waals surface area contributed by atoms with E-state index in [0.29, 0.717) is 35.3 Å². The topological polar surface area (TPSA) is 72.5 Å². The van der Waals surface area contributed by atoms with Gasteiger partial charge >= 0.3 is 5.63 Å². The maximum absolute atomic E-state index is 13.4. The van der Waals surface area contributed by atoms with Crippen molar-refractivity contribution in [3.05, 3.63) is 106 Å². The fourth-order valence-corrected chi connectivity index (χ4v) is 4.18. The maximum atomic E-state index is 13.4. The average Bonchev–Trinajstić information content (AvgIpc) is 3.25. The van der Waals surface area contributed by atoms with Gasteiger partial charge in [-0.15, -0.1) is 0 Å². The molecule has 170 valence electrons. The predicted octanol–water partition coefficient (Wildman–Crippen LogP) is 5.56. The number of benzene rings is 3. The highest BCUT2D eigenvalue weighted by molar-refractivity contribution is 6.02. The van der Waals surface area contributed by atoms with Crippen LogP contribution in [-0.2, 0) is 17.6 Å². The lowest BCUT2D eigenvalue weighted by molar-refractivity contribution is -0.120. The standard InChI is InChI=1S/C28H22FNO4/c1-17-21-13-23-24(19-7-9-20(29)10-8-19)16-33-25(23)15-26(21)34-28(32)22(17)14-27(31)30-12-11-18-5-3-2-4-6-18/h2-10,13,15-16H,11-12,14H2,1H3,(H,30,31). The SMILES string of the molecule is Cc1c(CC(=O)NCCc2ccccc2)c(=O)oc2cc3occ(-c4ccc(F)cc4)c3cc12. The molecule has 5 aromatic rings. The fraction of sp³-hybridized carbons (Fsp3) is 0.143. The number of aryl methyl sites for hydroxylation is 1. The molecule has 5 nitrogen and oxygen atoms in total. The van der Waals surface area contributed by atoms with E-state index < -0.39 is 5.63 Å². The Morgan fingerprint density at radius 3 is 2.50 bits per heavy atom. The molecule has 1 N–H and O–H groups in total. The van der Waals surface area contributed by atoms with Crippen molar-refractivity contribution in [3.63, 3.8) is 0 Å². The summed E-state index contributed by atoms with van der Waals surface area (Å²) in [5.74, 6) is -0.548. The van der Waals surface area contributed by atoms with Crippen LogP contribution in [-0.4, -0.2) is 12.5 Å². The second kappa shape index (κ2) is 8.98. The molecule has 0 fully saturated rings. The van der Waals surface area contributed by atoms with E-state index in [1.807, 2.05) is 43.3 Å². The molecule has 0 saturated heterocycles. The van der Waals surface area contributed by atoms with Gasteiger partial charge in [-0.1, -0.05) is 42.5 Å². The zero-order valence-corrected chi connectivity index (χ0v) is 18.6. The monoisotopic (exact) mass is 455 g/mol. The molecule has 2 aromatic heterocycles. The number of rotatable bonds is 6. The van der Waals surface area contributed by atoms with Crippen LogP contribution in [0.4, 0.5) is 4.39 Å². The van der Waals surface area contributed by atoms with Crippen LogP contribution in [0, 0.1) is 12.7 Å². The summed E-state index contributed by atoms with van der Waals surface area (Å²) < 4.78 is 24.6. The number of carbonyl (C=O) groups excluding carboxylic acids is 1. The number of carbonyl (C=O) groups is 1. The zero-order chi connectivity index (χ0) is 23.7. The highest BCUT2D eigenvalue weighted by Gasteiger charge is 2.18. The normalized spacial score (nSPS) is 11.2. The molecular formula is C28H22FNO4. The lowest BCUT2D eigenvalue weighted by Gasteiger charge is -2.09. The molecule has 0 unspecified atom stereocenters. The molecule has 3 aromatic carbocycles. The van der Waals surface area contributed by atoms with Gasteiger partial charge in [-0.2, -0.15) is 0 Å². The molecule has 1 amide bonds. The fourth-order valence-electron chi connectivity index (χ4n) is 4.18. The van der Waals surface area contributed by atoms with Gasteiger partial charge in [0.1, 0.15) is 17.0 Å². The van der Waals surface area contributed by atoms with Crippen molar-refractivity contribution < 1.29 is 18.0 Å². The van der Waals surface area contributed by atoms with E-state index in [-0.39, 0.29) is 18.1 Å². The van der Waals surface area contributed by atoms with Crippen molar-refractivity contribution >= 4 is 27.8 Å². The molecule has 34 heavy (non-hydrogen) atoms. The molecule has 5 rings (SSSR count). The first-order valence-electron chi connectivity index (χ1n) is 11.0. The summed E-state index contributed by atoms with van der Waals surface area (Å²) in [6.07, 6.45) is 2.25. The molecular weight excluding hydrogens is 433 g/mol. The molecule has 0 aliphatic heterocycles. The molecule has 2 heterocycles. The smallest absolute Gasteiger partial charge is 0.340 e. The third kappa shape index (κ3) is 4.22. The highest BCUT2D eigenvalue weighted by atomic mass is 19.1. The summed E-state index contributed by atoms with van der Waals surface area (Å²) in [7, 11) is 0. The Morgan fingerprint density at radius 1 is 0.971 bits per heavy atom. The van der Waals surface area contributed by atoms with Crippen molar-refractivity contribution in [1.82, 2.24) is 5.32 Å². The second-order valence-electron chi connectivity index (χ2n) is 8.26. The highest BCUT2D eigenvalue weighted by Crippen LogP contribution is 2.34. The van der Waals surface area contributed by atoms with Crippen molar-refractivity contribution in [3.8, 4) is 11.1 Å². The molecule has 0 aliphatic carbocycles. The number of hydrogen-bond donors (Lipinski definition) is 1. The Balaban J connectivity index is 1.43. The summed E-state index contributed by atoms with van der Waals surface area (Å²) in [4.78, 5) is 25.2. The lowest BCUT2D eigenvalue weighted by atomic mass is 9.99. The minimum atomic E-state index is -0.534. The van der Waals surface area contributed by atoms with Crippen molar-refractivity contribution in [2.24, 2.45) is 0 Å². The van der Waals surface area contributed by atoms with Crippen LogP contribution in [0.5, 0.6) is 0 Å². The number of nitrogens with one attached hydrogen (secondary N) is 1. The van der Waals surface area contributed by atoms with E-state index in [1.54, 1.807) is 24.5 Å². The van der Waals surface area contributed by atoms with Crippen molar-refractivity contribution in [2.75, 3.05) is 6.54 Å². The second-order valence-corrected chi connectivity index (χ2v) is 8.26. The van der Waals surface area contributed by atoms with Gasteiger partial charge in [0.05, 0.1) is 18.2 Å². The molecule has 0 spiro atoms. The third-order valence-electron chi connectivity index (χ3n) is 6.05. The molecule has 0 radical (unpaired) electrons. The van der Waals surface area contributed by atoms with Crippen LogP contribution in [0.3, 0.4) is 0 Å². The van der Waals surface area contributed by atoms with E-state index >= 15 is 0 Å². The summed E-state index contributed by atoms with van der Waals surface area (Å²) >= 11 is 0. The minimum absolute atomic E-state index is 0.0624. The maximum Gasteiger partial charge on any atom is 0.340 e. The van der Waals surface area contributed by atoms with E-state index in [4.69, 9.17) is 8.83 Å². The zero-order valence-electron chi connectivity index (χ0n) is 18.6. The van der Waals surface area contributed by atoms with Crippen LogP contribution in [0.25, 0.3) is 33.1 Å². The quantitative estimate of drug-likeness (QED) is 0.341. The molecule has 0 atom stereocenters. The number of amides is 1. The number of halogens is 1. The van der Waals surface area contributed by atoms with Gasteiger partial charge in [-0.05, 0) is 48.2 Å². The van der Waals surface area contributed by atoms with Crippen LogP contribution < -0.4 is 10.9 Å². The van der Waals surface area contributed by atoms with Crippen LogP contribution in [0.2, 0.25) is 0 Å². The van der Waals surface area contributed by atoms with Crippen LogP contribution in [0.15, 0.2) is 86.6 Å². The number of hydrogen-bond acceptors (Lipinski definition) is 4. The number of fused-ring (bicyclic) bond motifs is 2. The van der Waals surface area contributed by atoms with Crippen LogP contribution >= 0.6 is 0 Å². The summed E-state index contributed by atoms with van der Waals surface area (Å²) in [6.45, 7) is 2.30. The number of furan rings is 1. The van der Waals surface area contributed by atoms with Crippen LogP contribution in [0.1, 0.15) is 16.7 Å². The van der Waals surface area contributed by atoms with E-state index in [9.17, 15) is 14.0 Å². The average molecular weight is 455 g/mol. The predicted molar refractivity (Wildman–Crippen MR) is 129 cm³/mol. The third-order valence-corrected chi connectivity index (χ3v) is 6.05. The van der Waals surface area contributed by atoms with Gasteiger partial charge in [-0.25, -0.2) is 9.18 Å². The van der Waals surface area contributed by atoms with E-state index in [1.165, 1.54) is 12.1 Å². The summed E-state index contributed by atoms with van der Waals surface area (Å²) in [5.41, 5.74) is 4.19. The molecule has 0 saturated carbocycles.